The lowest BCUT2D eigenvalue weighted by atomic mass is 10.2. The van der Waals surface area contributed by atoms with Gasteiger partial charge in [0.25, 0.3) is 0 Å². The molecule has 0 atom stereocenters. The van der Waals surface area contributed by atoms with E-state index in [1.807, 2.05) is 19.1 Å². The summed E-state index contributed by atoms with van der Waals surface area (Å²) >= 11 is 5.00. The molecule has 2 nitrogen and oxygen atoms in total. The van der Waals surface area contributed by atoms with Crippen molar-refractivity contribution >= 4 is 33.6 Å². The quantitative estimate of drug-likeness (QED) is 0.797. The molecule has 1 amide bonds. The van der Waals surface area contributed by atoms with Gasteiger partial charge in [-0.15, -0.1) is 11.8 Å². The molecule has 1 aromatic carbocycles. The summed E-state index contributed by atoms with van der Waals surface area (Å²) in [4.78, 5) is 14.2. The molecule has 0 radical (unpaired) electrons. The molecule has 4 heteroatoms. The number of hydrogen-bond donors (Lipinski definition) is 0. The molecule has 0 unspecified atom stereocenters. The molecule has 0 spiro atoms. The van der Waals surface area contributed by atoms with Crippen LogP contribution in [0.3, 0.4) is 0 Å². The zero-order valence-electron chi connectivity index (χ0n) is 9.08. The van der Waals surface area contributed by atoms with E-state index in [4.69, 9.17) is 0 Å². The van der Waals surface area contributed by atoms with Crippen LogP contribution in [-0.2, 0) is 4.79 Å². The van der Waals surface area contributed by atoms with Crippen molar-refractivity contribution in [3.05, 3.63) is 28.2 Å². The second kappa shape index (κ2) is 5.56. The highest BCUT2D eigenvalue weighted by molar-refractivity contribution is 9.10. The molecule has 0 aliphatic heterocycles. The summed E-state index contributed by atoms with van der Waals surface area (Å²) < 4.78 is 1.07. The monoisotopic (exact) mass is 287 g/mol. The van der Waals surface area contributed by atoms with E-state index in [0.717, 1.165) is 9.37 Å². The van der Waals surface area contributed by atoms with Crippen molar-refractivity contribution < 1.29 is 4.79 Å². The smallest absolute Gasteiger partial charge is 0.232 e. The number of carbonyl (C=O) groups excluding carboxylic acids is 1. The topological polar surface area (TPSA) is 20.3 Å². The lowest BCUT2D eigenvalue weighted by Crippen LogP contribution is -2.23. The first-order valence-electron chi connectivity index (χ1n) is 4.60. The highest BCUT2D eigenvalue weighted by Crippen LogP contribution is 2.25. The molecule has 82 valence electrons. The van der Waals surface area contributed by atoms with E-state index in [0.29, 0.717) is 5.75 Å². The fraction of sp³-hybridized carbons (Fsp3) is 0.364. The summed E-state index contributed by atoms with van der Waals surface area (Å²) in [6.07, 6.45) is 0. The summed E-state index contributed by atoms with van der Waals surface area (Å²) in [6.45, 7) is 2.05. The second-order valence-corrected chi connectivity index (χ2v) is 5.42. The lowest BCUT2D eigenvalue weighted by molar-refractivity contribution is -0.125. The molecular weight excluding hydrogens is 274 g/mol. The lowest BCUT2D eigenvalue weighted by Gasteiger charge is -2.10. The first-order valence-corrected chi connectivity index (χ1v) is 6.37. The van der Waals surface area contributed by atoms with Gasteiger partial charge in [0.2, 0.25) is 5.91 Å². The first kappa shape index (κ1) is 12.6. The van der Waals surface area contributed by atoms with Crippen LogP contribution >= 0.6 is 27.7 Å². The van der Waals surface area contributed by atoms with Crippen molar-refractivity contribution in [1.82, 2.24) is 4.90 Å². The Bertz CT molecular complexity index is 366. The zero-order chi connectivity index (χ0) is 11.4. The highest BCUT2D eigenvalue weighted by atomic mass is 79.9. The third kappa shape index (κ3) is 3.87. The second-order valence-electron chi connectivity index (χ2n) is 3.49. The van der Waals surface area contributed by atoms with Crippen LogP contribution in [0.25, 0.3) is 0 Å². The van der Waals surface area contributed by atoms with Crippen molar-refractivity contribution in [1.29, 1.82) is 0 Å². The maximum atomic E-state index is 11.4. The number of rotatable bonds is 3. The standard InChI is InChI=1S/C11H14BrNOS/c1-8-6-9(12)4-5-10(8)15-7-11(14)13(2)3/h4-6H,7H2,1-3H3. The molecule has 0 fully saturated rings. The van der Waals surface area contributed by atoms with Crippen LogP contribution in [0.1, 0.15) is 5.56 Å². The molecule has 0 bridgehead atoms. The summed E-state index contributed by atoms with van der Waals surface area (Å²) in [5.74, 6) is 0.637. The van der Waals surface area contributed by atoms with Crippen molar-refractivity contribution in [2.45, 2.75) is 11.8 Å². The van der Waals surface area contributed by atoms with Gasteiger partial charge >= 0.3 is 0 Å². The summed E-state index contributed by atoms with van der Waals surface area (Å²) in [5, 5.41) is 0. The minimum Gasteiger partial charge on any atom is -0.348 e. The molecular formula is C11H14BrNOS. The summed E-state index contributed by atoms with van der Waals surface area (Å²) in [6, 6.07) is 6.09. The minimum atomic E-state index is 0.141. The van der Waals surface area contributed by atoms with Gasteiger partial charge in [-0.2, -0.15) is 0 Å². The Morgan fingerprint density at radius 2 is 2.13 bits per heavy atom. The van der Waals surface area contributed by atoms with E-state index in [9.17, 15) is 4.79 Å². The van der Waals surface area contributed by atoms with E-state index >= 15 is 0 Å². The minimum absolute atomic E-state index is 0.141. The van der Waals surface area contributed by atoms with Crippen molar-refractivity contribution in [3.8, 4) is 0 Å². The predicted octanol–water partition coefficient (Wildman–Crippen LogP) is 2.94. The molecule has 0 aliphatic rings. The Hall–Kier alpha value is -0.480. The van der Waals surface area contributed by atoms with Crippen LogP contribution in [0.2, 0.25) is 0 Å². The van der Waals surface area contributed by atoms with Gasteiger partial charge in [0, 0.05) is 23.5 Å². The Kier molecular flexibility index (Phi) is 4.67. The maximum absolute atomic E-state index is 11.4. The van der Waals surface area contributed by atoms with Crippen molar-refractivity contribution in [2.75, 3.05) is 19.8 Å². The summed E-state index contributed by atoms with van der Waals surface area (Å²) in [5.41, 5.74) is 1.20. The van der Waals surface area contributed by atoms with E-state index in [2.05, 4.69) is 22.0 Å². The third-order valence-electron chi connectivity index (χ3n) is 1.99. The van der Waals surface area contributed by atoms with Gasteiger partial charge in [0.1, 0.15) is 0 Å². The summed E-state index contributed by atoms with van der Waals surface area (Å²) in [7, 11) is 3.55. The van der Waals surface area contributed by atoms with Crippen LogP contribution in [0.15, 0.2) is 27.6 Å². The van der Waals surface area contributed by atoms with Gasteiger partial charge in [-0.25, -0.2) is 0 Å². The molecule has 0 aromatic heterocycles. The number of thioether (sulfide) groups is 1. The van der Waals surface area contributed by atoms with E-state index in [1.54, 1.807) is 30.8 Å². The molecule has 15 heavy (non-hydrogen) atoms. The molecule has 0 saturated heterocycles. The number of carbonyl (C=O) groups is 1. The van der Waals surface area contributed by atoms with Crippen molar-refractivity contribution in [2.24, 2.45) is 0 Å². The number of nitrogens with zero attached hydrogens (tertiary/aromatic N) is 1. The van der Waals surface area contributed by atoms with Gasteiger partial charge < -0.3 is 4.90 Å². The number of amides is 1. The fourth-order valence-corrected chi connectivity index (χ4v) is 2.51. The molecule has 0 saturated carbocycles. The third-order valence-corrected chi connectivity index (χ3v) is 3.64. The molecule has 0 N–H and O–H groups in total. The van der Waals surface area contributed by atoms with Gasteiger partial charge in [0.05, 0.1) is 5.75 Å². The average Bonchev–Trinajstić information content (AvgIpc) is 2.15. The van der Waals surface area contributed by atoms with Gasteiger partial charge in [-0.05, 0) is 30.7 Å². The normalized spacial score (nSPS) is 10.1. The Morgan fingerprint density at radius 3 is 2.67 bits per heavy atom. The van der Waals surface area contributed by atoms with E-state index in [1.165, 1.54) is 5.56 Å². The number of benzene rings is 1. The van der Waals surface area contributed by atoms with Crippen LogP contribution in [0.4, 0.5) is 0 Å². The Balaban J connectivity index is 2.62. The SMILES string of the molecule is Cc1cc(Br)ccc1SCC(=O)N(C)C. The predicted molar refractivity (Wildman–Crippen MR) is 68.3 cm³/mol. The maximum Gasteiger partial charge on any atom is 0.232 e. The molecule has 1 aromatic rings. The van der Waals surface area contributed by atoms with Crippen LogP contribution in [0, 0.1) is 6.92 Å². The number of halogens is 1. The Labute approximate surface area is 103 Å². The van der Waals surface area contributed by atoms with Gasteiger partial charge in [0.15, 0.2) is 0 Å². The van der Waals surface area contributed by atoms with Crippen molar-refractivity contribution in [3.63, 3.8) is 0 Å². The van der Waals surface area contributed by atoms with E-state index < -0.39 is 0 Å². The molecule has 0 aliphatic carbocycles. The fourth-order valence-electron chi connectivity index (χ4n) is 1.04. The molecule has 1 rings (SSSR count). The van der Waals surface area contributed by atoms with Gasteiger partial charge in [-0.3, -0.25) is 4.79 Å². The highest BCUT2D eigenvalue weighted by Gasteiger charge is 2.06. The van der Waals surface area contributed by atoms with Crippen LogP contribution in [-0.4, -0.2) is 30.7 Å². The van der Waals surface area contributed by atoms with Crippen LogP contribution < -0.4 is 0 Å². The average molecular weight is 288 g/mol. The largest absolute Gasteiger partial charge is 0.348 e. The molecule has 0 heterocycles. The van der Waals surface area contributed by atoms with E-state index in [-0.39, 0.29) is 5.91 Å². The number of hydrogen-bond acceptors (Lipinski definition) is 2. The van der Waals surface area contributed by atoms with Crippen LogP contribution in [0.5, 0.6) is 0 Å². The first-order chi connectivity index (χ1) is 7.00. The zero-order valence-corrected chi connectivity index (χ0v) is 11.5. The Morgan fingerprint density at radius 1 is 1.47 bits per heavy atom. The number of aryl methyl sites for hydroxylation is 1. The van der Waals surface area contributed by atoms with Gasteiger partial charge in [-0.1, -0.05) is 15.9 Å².